The zero-order valence-electron chi connectivity index (χ0n) is 16.4. The number of nitrogens with one attached hydrogen (secondary N) is 1. The van der Waals surface area contributed by atoms with Crippen molar-refractivity contribution in [3.8, 4) is 28.5 Å². The monoisotopic (exact) mass is 395 g/mol. The quantitative estimate of drug-likeness (QED) is 0.550. The van der Waals surface area contributed by atoms with E-state index in [0.717, 1.165) is 59.1 Å². The van der Waals surface area contributed by atoms with Crippen molar-refractivity contribution in [1.29, 1.82) is 5.26 Å². The van der Waals surface area contributed by atoms with Gasteiger partial charge >= 0.3 is 0 Å². The highest BCUT2D eigenvalue weighted by Crippen LogP contribution is 2.31. The smallest absolute Gasteiger partial charge is 0.132 e. The fraction of sp³-hybridized carbons (Fsp3) is 0.217. The Morgan fingerprint density at radius 2 is 1.87 bits per heavy atom. The fourth-order valence-corrected chi connectivity index (χ4v) is 3.95. The number of nitrogen functional groups attached to an aromatic ring is 1. The summed E-state index contributed by atoms with van der Waals surface area (Å²) in [4.78, 5) is 8.98. The molecule has 148 valence electrons. The Bertz CT molecular complexity index is 1260. The molecule has 0 amide bonds. The van der Waals surface area contributed by atoms with E-state index in [1.165, 1.54) is 0 Å². The van der Waals surface area contributed by atoms with Crippen LogP contribution in [-0.2, 0) is 0 Å². The lowest BCUT2D eigenvalue weighted by Crippen LogP contribution is -2.29. The van der Waals surface area contributed by atoms with Gasteiger partial charge in [-0.05, 0) is 55.6 Å². The average molecular weight is 395 g/mol. The molecule has 4 heterocycles. The maximum absolute atomic E-state index is 9.18. The lowest BCUT2D eigenvalue weighted by atomic mass is 10.0. The first-order chi connectivity index (χ1) is 14.7. The summed E-state index contributed by atoms with van der Waals surface area (Å²) in [7, 11) is 0. The number of anilines is 1. The second-order valence-corrected chi connectivity index (χ2v) is 7.59. The first-order valence-electron chi connectivity index (χ1n) is 10.0. The Hall–Kier alpha value is -3.76. The molecule has 0 spiro atoms. The van der Waals surface area contributed by atoms with Gasteiger partial charge in [-0.3, -0.25) is 9.67 Å². The Morgan fingerprint density at radius 3 is 2.70 bits per heavy atom. The summed E-state index contributed by atoms with van der Waals surface area (Å²) in [6.07, 6.45) is 9.70. The van der Waals surface area contributed by atoms with E-state index in [9.17, 15) is 5.26 Å². The lowest BCUT2D eigenvalue weighted by molar-refractivity contribution is 0.343. The summed E-state index contributed by atoms with van der Waals surface area (Å²) < 4.78 is 2.06. The second kappa shape index (κ2) is 7.58. The van der Waals surface area contributed by atoms with Crippen LogP contribution in [0.15, 0.2) is 55.1 Å². The maximum Gasteiger partial charge on any atom is 0.132 e. The third kappa shape index (κ3) is 3.38. The Balaban J connectivity index is 1.52. The number of aromatic nitrogens is 4. The van der Waals surface area contributed by atoms with Crippen LogP contribution in [0.25, 0.3) is 33.2 Å². The summed E-state index contributed by atoms with van der Waals surface area (Å²) in [6, 6.07) is 12.1. The number of nitrogens with two attached hydrogens (primary N) is 1. The van der Waals surface area contributed by atoms with Crippen molar-refractivity contribution in [2.75, 3.05) is 18.8 Å². The number of pyridine rings is 2. The summed E-state index contributed by atoms with van der Waals surface area (Å²) >= 11 is 0. The third-order valence-corrected chi connectivity index (χ3v) is 5.66. The van der Waals surface area contributed by atoms with E-state index in [1.54, 1.807) is 18.5 Å². The van der Waals surface area contributed by atoms with Crippen LogP contribution in [-0.4, -0.2) is 32.8 Å². The number of piperidine rings is 1. The van der Waals surface area contributed by atoms with Crippen LogP contribution >= 0.6 is 0 Å². The molecule has 1 aromatic carbocycles. The summed E-state index contributed by atoms with van der Waals surface area (Å²) in [5, 5.41) is 19.1. The van der Waals surface area contributed by atoms with E-state index < -0.39 is 0 Å². The first kappa shape index (κ1) is 18.3. The van der Waals surface area contributed by atoms with Crippen molar-refractivity contribution < 1.29 is 0 Å². The minimum Gasteiger partial charge on any atom is -0.383 e. The minimum absolute atomic E-state index is 0.424. The van der Waals surface area contributed by atoms with Crippen LogP contribution in [0.3, 0.4) is 0 Å². The van der Waals surface area contributed by atoms with E-state index in [-0.39, 0.29) is 0 Å². The van der Waals surface area contributed by atoms with Gasteiger partial charge in [-0.15, -0.1) is 0 Å². The predicted molar refractivity (Wildman–Crippen MR) is 116 cm³/mol. The van der Waals surface area contributed by atoms with Gasteiger partial charge in [0.15, 0.2) is 0 Å². The molecule has 0 saturated carbocycles. The number of rotatable bonds is 3. The number of benzene rings is 1. The van der Waals surface area contributed by atoms with Crippen LogP contribution in [0.5, 0.6) is 0 Å². The Labute approximate surface area is 174 Å². The first-order valence-corrected chi connectivity index (χ1v) is 10.0. The molecule has 0 unspecified atom stereocenters. The van der Waals surface area contributed by atoms with Crippen molar-refractivity contribution in [3.05, 3.63) is 60.7 Å². The van der Waals surface area contributed by atoms with Gasteiger partial charge in [-0.25, -0.2) is 4.98 Å². The second-order valence-electron chi connectivity index (χ2n) is 7.59. The van der Waals surface area contributed by atoms with Gasteiger partial charge in [0.25, 0.3) is 0 Å². The van der Waals surface area contributed by atoms with E-state index in [1.807, 2.05) is 30.5 Å². The highest BCUT2D eigenvalue weighted by atomic mass is 15.3. The van der Waals surface area contributed by atoms with Gasteiger partial charge < -0.3 is 11.1 Å². The van der Waals surface area contributed by atoms with Crippen molar-refractivity contribution in [2.45, 2.75) is 18.9 Å². The third-order valence-electron chi connectivity index (χ3n) is 5.66. The number of hydrogen-bond donors (Lipinski definition) is 2. The van der Waals surface area contributed by atoms with Gasteiger partial charge in [0.1, 0.15) is 5.82 Å². The van der Waals surface area contributed by atoms with E-state index in [4.69, 9.17) is 5.73 Å². The van der Waals surface area contributed by atoms with Crippen LogP contribution in [0.1, 0.15) is 24.4 Å². The molecule has 0 aliphatic carbocycles. The molecular weight excluding hydrogens is 374 g/mol. The van der Waals surface area contributed by atoms with Crippen LogP contribution < -0.4 is 11.1 Å². The number of nitrogens with zero attached hydrogens (tertiary/aromatic N) is 5. The highest BCUT2D eigenvalue weighted by Gasteiger charge is 2.17. The topological polar surface area (TPSA) is 105 Å². The molecule has 5 rings (SSSR count). The molecule has 3 N–H and O–H groups in total. The van der Waals surface area contributed by atoms with Crippen molar-refractivity contribution in [2.24, 2.45) is 0 Å². The molecule has 0 radical (unpaired) electrons. The molecule has 3 aromatic heterocycles. The minimum atomic E-state index is 0.424. The number of fused-ring (bicyclic) bond motifs is 1. The van der Waals surface area contributed by atoms with E-state index in [0.29, 0.717) is 17.4 Å². The van der Waals surface area contributed by atoms with Gasteiger partial charge in [-0.1, -0.05) is 6.07 Å². The summed E-state index contributed by atoms with van der Waals surface area (Å²) in [5.74, 6) is 0.424. The zero-order valence-corrected chi connectivity index (χ0v) is 16.4. The molecule has 30 heavy (non-hydrogen) atoms. The normalized spacial score (nSPS) is 14.6. The maximum atomic E-state index is 9.18. The molecule has 4 aromatic rings. The van der Waals surface area contributed by atoms with Gasteiger partial charge in [0, 0.05) is 40.7 Å². The standard InChI is InChI=1S/C23H21N7/c24-10-15-1-2-16-11-27-22(9-17(16)7-15)21-8-18(12-28-23(21)25)19-13-29-30(14-19)20-3-5-26-6-4-20/h1-2,7-9,11-14,20,26H,3-6H2,(H2,25,28). The fourth-order valence-electron chi connectivity index (χ4n) is 3.95. The van der Waals surface area contributed by atoms with Crippen LogP contribution in [0, 0.1) is 11.3 Å². The molecule has 7 heteroatoms. The Morgan fingerprint density at radius 1 is 1.00 bits per heavy atom. The van der Waals surface area contributed by atoms with Crippen molar-refractivity contribution in [3.63, 3.8) is 0 Å². The van der Waals surface area contributed by atoms with Gasteiger partial charge in [-0.2, -0.15) is 10.4 Å². The van der Waals surface area contributed by atoms with Crippen molar-refractivity contribution in [1.82, 2.24) is 25.1 Å². The molecule has 0 bridgehead atoms. The van der Waals surface area contributed by atoms with Gasteiger partial charge in [0.05, 0.1) is 29.6 Å². The summed E-state index contributed by atoms with van der Waals surface area (Å²) in [5.41, 5.74) is 10.3. The SMILES string of the molecule is N#Cc1ccc2cnc(-c3cc(-c4cnn(C5CCNCC5)c4)cnc3N)cc2c1. The Kier molecular flexibility index (Phi) is 4.62. The molecule has 1 saturated heterocycles. The van der Waals surface area contributed by atoms with E-state index in [2.05, 4.69) is 37.3 Å². The molecule has 1 aliphatic heterocycles. The van der Waals surface area contributed by atoms with Gasteiger partial charge in [0.2, 0.25) is 0 Å². The summed E-state index contributed by atoms with van der Waals surface area (Å²) in [6.45, 7) is 2.04. The molecule has 1 fully saturated rings. The number of hydrogen-bond acceptors (Lipinski definition) is 6. The van der Waals surface area contributed by atoms with Crippen LogP contribution in [0.2, 0.25) is 0 Å². The van der Waals surface area contributed by atoms with Crippen LogP contribution in [0.4, 0.5) is 5.82 Å². The lowest BCUT2D eigenvalue weighted by Gasteiger charge is -2.22. The van der Waals surface area contributed by atoms with E-state index >= 15 is 0 Å². The largest absolute Gasteiger partial charge is 0.383 e. The predicted octanol–water partition coefficient (Wildman–Crippen LogP) is 3.54. The number of nitriles is 1. The molecular formula is C23H21N7. The molecule has 1 aliphatic rings. The van der Waals surface area contributed by atoms with Crippen molar-refractivity contribution >= 4 is 16.6 Å². The molecule has 0 atom stereocenters. The average Bonchev–Trinajstić information content (AvgIpc) is 3.29. The highest BCUT2D eigenvalue weighted by molar-refractivity contribution is 5.88. The molecule has 7 nitrogen and oxygen atoms in total. The zero-order chi connectivity index (χ0) is 20.5.